The van der Waals surface area contributed by atoms with Gasteiger partial charge < -0.3 is 15.3 Å². The molecule has 0 aromatic carbocycles. The van der Waals surface area contributed by atoms with E-state index in [1.54, 1.807) is 19.1 Å². The van der Waals surface area contributed by atoms with E-state index in [0.29, 0.717) is 18.9 Å². The van der Waals surface area contributed by atoms with Gasteiger partial charge in [-0.15, -0.1) is 16.8 Å². The molecule has 0 aliphatic rings. The monoisotopic (exact) mass is 264 g/mol. The molecule has 0 aliphatic heterocycles. The fraction of sp³-hybridized carbons (Fsp3) is 0.333. The molecular formula is C12H16N4O3. The second-order valence-electron chi connectivity index (χ2n) is 3.70. The molecule has 0 unspecified atom stereocenters. The number of anilines is 1. The van der Waals surface area contributed by atoms with Crippen molar-refractivity contribution in [2.24, 2.45) is 0 Å². The Morgan fingerprint density at radius 2 is 2.21 bits per heavy atom. The zero-order chi connectivity index (χ0) is 14.3. The Labute approximate surface area is 110 Å². The average molecular weight is 264 g/mol. The highest BCUT2D eigenvalue weighted by molar-refractivity contribution is 5.92. The third-order valence-electron chi connectivity index (χ3n) is 2.22. The van der Waals surface area contributed by atoms with E-state index >= 15 is 0 Å². The number of nitrogens with one attached hydrogen (secondary N) is 1. The minimum absolute atomic E-state index is 0.194. The highest BCUT2D eigenvalue weighted by atomic mass is 16.4. The summed E-state index contributed by atoms with van der Waals surface area (Å²) in [6.45, 7) is 5.99. The minimum Gasteiger partial charge on any atom is -0.480 e. The van der Waals surface area contributed by atoms with Crippen molar-refractivity contribution >= 4 is 17.7 Å². The van der Waals surface area contributed by atoms with Crippen molar-refractivity contribution in [2.75, 3.05) is 24.5 Å². The number of hydrogen-bond acceptors (Lipinski definition) is 5. The molecule has 19 heavy (non-hydrogen) atoms. The number of carboxylic acid groups (broad SMARTS) is 1. The number of aromatic nitrogens is 2. The van der Waals surface area contributed by atoms with Gasteiger partial charge in [-0.1, -0.05) is 6.08 Å². The third kappa shape index (κ3) is 4.38. The lowest BCUT2D eigenvalue weighted by Gasteiger charge is -2.19. The zero-order valence-corrected chi connectivity index (χ0v) is 10.7. The number of carbonyl (C=O) groups is 2. The first-order valence-corrected chi connectivity index (χ1v) is 5.78. The fourth-order valence-corrected chi connectivity index (χ4v) is 1.42. The van der Waals surface area contributed by atoms with E-state index in [1.807, 2.05) is 0 Å². The van der Waals surface area contributed by atoms with Gasteiger partial charge in [0.25, 0.3) is 5.91 Å². The number of carboxylic acids is 1. The van der Waals surface area contributed by atoms with Crippen LogP contribution < -0.4 is 10.2 Å². The lowest BCUT2D eigenvalue weighted by atomic mass is 10.3. The van der Waals surface area contributed by atoms with E-state index in [0.717, 1.165) is 0 Å². The lowest BCUT2D eigenvalue weighted by Crippen LogP contribution is -2.31. The Morgan fingerprint density at radius 1 is 1.47 bits per heavy atom. The highest BCUT2D eigenvalue weighted by Gasteiger charge is 2.13. The van der Waals surface area contributed by atoms with Gasteiger partial charge in [-0.25, -0.2) is 0 Å². The van der Waals surface area contributed by atoms with Gasteiger partial charge in [-0.05, 0) is 19.1 Å². The minimum atomic E-state index is -0.976. The van der Waals surface area contributed by atoms with Crippen LogP contribution in [-0.2, 0) is 4.79 Å². The molecule has 7 nitrogen and oxygen atoms in total. The first-order valence-electron chi connectivity index (χ1n) is 5.78. The summed E-state index contributed by atoms with van der Waals surface area (Å²) in [5.74, 6) is -0.901. The van der Waals surface area contributed by atoms with E-state index in [-0.39, 0.29) is 18.1 Å². The predicted octanol–water partition coefficient (Wildman–Crippen LogP) is 0.303. The van der Waals surface area contributed by atoms with Crippen molar-refractivity contribution in [2.45, 2.75) is 6.92 Å². The van der Waals surface area contributed by atoms with Crippen LogP contribution >= 0.6 is 0 Å². The van der Waals surface area contributed by atoms with Gasteiger partial charge in [0.1, 0.15) is 6.54 Å². The van der Waals surface area contributed by atoms with Crippen LogP contribution in [0.1, 0.15) is 17.4 Å². The van der Waals surface area contributed by atoms with Crippen molar-refractivity contribution < 1.29 is 14.7 Å². The van der Waals surface area contributed by atoms with Crippen LogP contribution in [0.15, 0.2) is 24.8 Å². The smallest absolute Gasteiger partial charge is 0.323 e. The van der Waals surface area contributed by atoms with E-state index in [2.05, 4.69) is 22.1 Å². The Hall–Kier alpha value is -2.44. The normalized spacial score (nSPS) is 9.74. The van der Waals surface area contributed by atoms with Crippen LogP contribution in [0, 0.1) is 0 Å². The van der Waals surface area contributed by atoms with Crippen molar-refractivity contribution in [1.29, 1.82) is 0 Å². The van der Waals surface area contributed by atoms with E-state index in [9.17, 15) is 9.59 Å². The fourth-order valence-electron chi connectivity index (χ4n) is 1.42. The molecule has 1 aromatic heterocycles. The van der Waals surface area contributed by atoms with E-state index in [4.69, 9.17) is 5.11 Å². The molecular weight excluding hydrogens is 248 g/mol. The molecule has 1 aromatic rings. The summed E-state index contributed by atoms with van der Waals surface area (Å²) >= 11 is 0. The maximum atomic E-state index is 11.5. The van der Waals surface area contributed by atoms with Crippen molar-refractivity contribution in [3.63, 3.8) is 0 Å². The van der Waals surface area contributed by atoms with Crippen LogP contribution in [0.4, 0.5) is 5.82 Å². The summed E-state index contributed by atoms with van der Waals surface area (Å²) in [6.07, 6.45) is 1.57. The van der Waals surface area contributed by atoms with Gasteiger partial charge >= 0.3 is 5.97 Å². The Balaban J connectivity index is 2.85. The van der Waals surface area contributed by atoms with Gasteiger partial charge in [0.05, 0.1) is 0 Å². The van der Waals surface area contributed by atoms with Crippen LogP contribution in [0.25, 0.3) is 0 Å². The predicted molar refractivity (Wildman–Crippen MR) is 70.1 cm³/mol. The Bertz CT molecular complexity index is 459. The standard InChI is InChI=1S/C12H16N4O3/c1-3-7-16(8-11(17)18)10-6-5-9(14-15-10)12(19)13-4-2/h3,5-6H,1,4,7-8H2,2H3,(H,13,19)(H,17,18). The maximum absolute atomic E-state index is 11.5. The van der Waals surface area contributed by atoms with Crippen LogP contribution in [-0.4, -0.2) is 46.8 Å². The van der Waals surface area contributed by atoms with Crippen LogP contribution in [0.5, 0.6) is 0 Å². The Kier molecular flexibility index (Phi) is 5.46. The second kappa shape index (κ2) is 7.10. The molecule has 102 valence electrons. The summed E-state index contributed by atoms with van der Waals surface area (Å²) in [5.41, 5.74) is 0.194. The van der Waals surface area contributed by atoms with Gasteiger partial charge in [0.2, 0.25) is 0 Å². The molecule has 0 saturated carbocycles. The van der Waals surface area contributed by atoms with Gasteiger partial charge in [-0.2, -0.15) is 0 Å². The third-order valence-corrected chi connectivity index (χ3v) is 2.22. The van der Waals surface area contributed by atoms with Crippen molar-refractivity contribution in [3.05, 3.63) is 30.5 Å². The number of amides is 1. The zero-order valence-electron chi connectivity index (χ0n) is 10.7. The summed E-state index contributed by atoms with van der Waals surface area (Å²) < 4.78 is 0. The Morgan fingerprint density at radius 3 is 2.68 bits per heavy atom. The average Bonchev–Trinajstić information content (AvgIpc) is 2.38. The topological polar surface area (TPSA) is 95.4 Å². The molecule has 1 heterocycles. The molecule has 0 saturated heterocycles. The molecule has 2 N–H and O–H groups in total. The van der Waals surface area contributed by atoms with E-state index < -0.39 is 5.97 Å². The van der Waals surface area contributed by atoms with Gasteiger partial charge in [0.15, 0.2) is 11.5 Å². The molecule has 7 heteroatoms. The number of carbonyl (C=O) groups excluding carboxylic acids is 1. The summed E-state index contributed by atoms with van der Waals surface area (Å²) in [4.78, 5) is 23.7. The van der Waals surface area contributed by atoms with Crippen molar-refractivity contribution in [3.8, 4) is 0 Å². The molecule has 0 fully saturated rings. The number of rotatable bonds is 7. The first kappa shape index (κ1) is 14.6. The molecule has 0 bridgehead atoms. The molecule has 0 radical (unpaired) electrons. The largest absolute Gasteiger partial charge is 0.480 e. The summed E-state index contributed by atoms with van der Waals surface area (Å²) in [7, 11) is 0. The first-order chi connectivity index (χ1) is 9.08. The van der Waals surface area contributed by atoms with E-state index in [1.165, 1.54) is 11.0 Å². The van der Waals surface area contributed by atoms with Crippen LogP contribution in [0.3, 0.4) is 0 Å². The molecule has 0 spiro atoms. The molecule has 1 amide bonds. The van der Waals surface area contributed by atoms with Crippen LogP contribution in [0.2, 0.25) is 0 Å². The number of nitrogens with zero attached hydrogens (tertiary/aromatic N) is 3. The quantitative estimate of drug-likeness (QED) is 0.688. The summed E-state index contributed by atoms with van der Waals surface area (Å²) in [6, 6.07) is 3.06. The second-order valence-corrected chi connectivity index (χ2v) is 3.70. The lowest BCUT2D eigenvalue weighted by molar-refractivity contribution is -0.135. The maximum Gasteiger partial charge on any atom is 0.323 e. The number of aliphatic carboxylic acids is 1. The number of hydrogen-bond donors (Lipinski definition) is 2. The SMILES string of the molecule is C=CCN(CC(=O)O)c1ccc(C(=O)NCC)nn1. The summed E-state index contributed by atoms with van der Waals surface area (Å²) in [5, 5.41) is 19.0. The molecule has 1 rings (SSSR count). The van der Waals surface area contributed by atoms with Gasteiger partial charge in [-0.3, -0.25) is 9.59 Å². The molecule has 0 aliphatic carbocycles. The molecule has 0 atom stereocenters. The van der Waals surface area contributed by atoms with Gasteiger partial charge in [0, 0.05) is 13.1 Å². The highest BCUT2D eigenvalue weighted by Crippen LogP contribution is 2.09. The van der Waals surface area contributed by atoms with Crippen molar-refractivity contribution in [1.82, 2.24) is 15.5 Å².